The number of anilines is 2. The van der Waals surface area contributed by atoms with Gasteiger partial charge in [-0.15, -0.1) is 11.3 Å². The third-order valence-electron chi connectivity index (χ3n) is 4.81. The van der Waals surface area contributed by atoms with Crippen LogP contribution in [0.15, 0.2) is 65.0 Å². The number of carbonyl (C=O) groups is 3. The molecule has 4 aromatic rings. The van der Waals surface area contributed by atoms with E-state index in [1.807, 2.05) is 13.0 Å². The maximum absolute atomic E-state index is 12.6. The van der Waals surface area contributed by atoms with Gasteiger partial charge in [-0.3, -0.25) is 9.59 Å². The predicted octanol–water partition coefficient (Wildman–Crippen LogP) is 5.94. The van der Waals surface area contributed by atoms with E-state index in [1.54, 1.807) is 42.5 Å². The molecular formula is C24H18ClN3O4S2. The number of rotatable bonds is 7. The number of nitrogens with zero attached hydrogens (tertiary/aromatic N) is 1. The maximum Gasteiger partial charge on any atom is 0.336 e. The summed E-state index contributed by atoms with van der Waals surface area (Å²) in [6.45, 7) is 1.89. The van der Waals surface area contributed by atoms with Crippen molar-refractivity contribution < 1.29 is 19.5 Å². The summed E-state index contributed by atoms with van der Waals surface area (Å²) in [5.41, 5.74) is 2.84. The molecular weight excluding hydrogens is 494 g/mol. The SMILES string of the molecule is Cc1ccc(NC(=O)CSc2nc3ccc(NC(=O)c4ccccc4C(=O)O)cc3s2)cc1Cl. The summed E-state index contributed by atoms with van der Waals surface area (Å²) in [5.74, 6) is -1.67. The Kier molecular flexibility index (Phi) is 7.16. The van der Waals surface area contributed by atoms with Crippen LogP contribution in [0, 0.1) is 6.92 Å². The Balaban J connectivity index is 1.41. The number of carboxylic acids is 1. The Hall–Kier alpha value is -3.40. The second kappa shape index (κ2) is 10.3. The Bertz CT molecular complexity index is 1420. The van der Waals surface area contributed by atoms with Crippen molar-refractivity contribution in [2.75, 3.05) is 16.4 Å². The lowest BCUT2D eigenvalue weighted by Gasteiger charge is -2.07. The second-order valence-corrected chi connectivity index (χ2v) is 9.93. The van der Waals surface area contributed by atoms with E-state index in [9.17, 15) is 19.5 Å². The molecule has 172 valence electrons. The molecule has 0 aliphatic heterocycles. The Labute approximate surface area is 208 Å². The summed E-state index contributed by atoms with van der Waals surface area (Å²) in [6, 6.07) is 16.6. The molecule has 1 aromatic heterocycles. The highest BCUT2D eigenvalue weighted by Gasteiger charge is 2.16. The number of benzene rings is 3. The van der Waals surface area contributed by atoms with Crippen molar-refractivity contribution in [3.05, 3.63) is 82.4 Å². The van der Waals surface area contributed by atoms with Crippen molar-refractivity contribution in [1.29, 1.82) is 0 Å². The average Bonchev–Trinajstić information content (AvgIpc) is 3.22. The van der Waals surface area contributed by atoms with Crippen molar-refractivity contribution in [3.8, 4) is 0 Å². The third kappa shape index (κ3) is 5.56. The molecule has 0 aliphatic rings. The summed E-state index contributed by atoms with van der Waals surface area (Å²) in [4.78, 5) is 40.8. The summed E-state index contributed by atoms with van der Waals surface area (Å²) < 4.78 is 1.55. The van der Waals surface area contributed by atoms with Crippen molar-refractivity contribution in [3.63, 3.8) is 0 Å². The standard InChI is InChI=1S/C24H18ClN3O4S2/c1-13-6-7-14(10-18(13)25)26-21(29)12-33-24-28-19-9-8-15(11-20(19)34-24)27-22(30)16-4-2-3-5-17(16)23(31)32/h2-11H,12H2,1H3,(H,26,29)(H,27,30)(H,31,32). The van der Waals surface area contributed by atoms with Crippen LogP contribution in [-0.2, 0) is 4.79 Å². The topological polar surface area (TPSA) is 108 Å². The number of halogens is 1. The van der Waals surface area contributed by atoms with E-state index in [2.05, 4.69) is 15.6 Å². The molecule has 0 spiro atoms. The molecule has 2 amide bonds. The number of aromatic nitrogens is 1. The predicted molar refractivity (Wildman–Crippen MR) is 137 cm³/mol. The molecule has 4 rings (SSSR count). The average molecular weight is 512 g/mol. The molecule has 0 saturated carbocycles. The third-order valence-corrected chi connectivity index (χ3v) is 7.38. The van der Waals surface area contributed by atoms with Crippen LogP contribution in [0.4, 0.5) is 11.4 Å². The highest BCUT2D eigenvalue weighted by Crippen LogP contribution is 2.31. The number of aromatic carboxylic acids is 1. The number of hydrogen-bond acceptors (Lipinski definition) is 6. The number of thioether (sulfide) groups is 1. The van der Waals surface area contributed by atoms with Crippen molar-refractivity contribution in [2.24, 2.45) is 0 Å². The summed E-state index contributed by atoms with van der Waals surface area (Å²) >= 11 is 8.81. The Morgan fingerprint density at radius 1 is 1.00 bits per heavy atom. The number of hydrogen-bond donors (Lipinski definition) is 3. The lowest BCUT2D eigenvalue weighted by atomic mass is 10.1. The number of thiazole rings is 1. The minimum absolute atomic E-state index is 0.0660. The van der Waals surface area contributed by atoms with Crippen LogP contribution in [0.3, 0.4) is 0 Å². The first kappa shape index (κ1) is 23.7. The van der Waals surface area contributed by atoms with Gasteiger partial charge in [-0.2, -0.15) is 0 Å². The number of fused-ring (bicyclic) bond motifs is 1. The first-order chi connectivity index (χ1) is 16.3. The Morgan fingerprint density at radius 3 is 2.44 bits per heavy atom. The first-order valence-corrected chi connectivity index (χ1v) is 12.2. The molecule has 0 bridgehead atoms. The number of carboxylic acid groups (broad SMARTS) is 1. The summed E-state index contributed by atoms with van der Waals surface area (Å²) in [7, 11) is 0. The fraction of sp³-hybridized carbons (Fsp3) is 0.0833. The highest BCUT2D eigenvalue weighted by atomic mass is 35.5. The van der Waals surface area contributed by atoms with Gasteiger partial charge < -0.3 is 15.7 Å². The van der Waals surface area contributed by atoms with E-state index in [-0.39, 0.29) is 22.8 Å². The van der Waals surface area contributed by atoms with Crippen LogP contribution in [0.5, 0.6) is 0 Å². The van der Waals surface area contributed by atoms with E-state index in [0.29, 0.717) is 20.7 Å². The van der Waals surface area contributed by atoms with Gasteiger partial charge in [0.15, 0.2) is 4.34 Å². The van der Waals surface area contributed by atoms with Crippen LogP contribution in [-0.4, -0.2) is 33.6 Å². The molecule has 1 heterocycles. The van der Waals surface area contributed by atoms with E-state index >= 15 is 0 Å². The van der Waals surface area contributed by atoms with Crippen molar-refractivity contribution in [2.45, 2.75) is 11.3 Å². The van der Waals surface area contributed by atoms with Gasteiger partial charge in [-0.25, -0.2) is 9.78 Å². The van der Waals surface area contributed by atoms with E-state index < -0.39 is 11.9 Å². The Morgan fingerprint density at radius 2 is 1.71 bits per heavy atom. The van der Waals surface area contributed by atoms with Crippen LogP contribution in [0.25, 0.3) is 10.2 Å². The maximum atomic E-state index is 12.6. The van der Waals surface area contributed by atoms with Crippen LogP contribution in [0.2, 0.25) is 5.02 Å². The fourth-order valence-corrected chi connectivity index (χ4v) is 5.19. The largest absolute Gasteiger partial charge is 0.478 e. The molecule has 0 aliphatic carbocycles. The van der Waals surface area contributed by atoms with Gasteiger partial charge in [0.2, 0.25) is 5.91 Å². The molecule has 0 atom stereocenters. The molecule has 0 radical (unpaired) electrons. The van der Waals surface area contributed by atoms with Gasteiger partial charge in [-0.05, 0) is 55.0 Å². The molecule has 34 heavy (non-hydrogen) atoms. The smallest absolute Gasteiger partial charge is 0.336 e. The minimum atomic E-state index is -1.17. The zero-order chi connectivity index (χ0) is 24.2. The quantitative estimate of drug-likeness (QED) is 0.265. The number of nitrogens with one attached hydrogen (secondary N) is 2. The molecule has 3 N–H and O–H groups in total. The van der Waals surface area contributed by atoms with E-state index in [1.165, 1.54) is 35.2 Å². The van der Waals surface area contributed by atoms with Crippen LogP contribution >= 0.6 is 34.7 Å². The summed E-state index contributed by atoms with van der Waals surface area (Å²) in [5, 5.41) is 15.4. The van der Waals surface area contributed by atoms with E-state index in [0.717, 1.165) is 15.8 Å². The lowest BCUT2D eigenvalue weighted by molar-refractivity contribution is -0.113. The van der Waals surface area contributed by atoms with Gasteiger partial charge in [0, 0.05) is 16.4 Å². The van der Waals surface area contributed by atoms with Crippen molar-refractivity contribution >= 4 is 74.1 Å². The molecule has 7 nitrogen and oxygen atoms in total. The van der Waals surface area contributed by atoms with Gasteiger partial charge in [0.05, 0.1) is 27.1 Å². The zero-order valence-corrected chi connectivity index (χ0v) is 20.2. The molecule has 0 fully saturated rings. The van der Waals surface area contributed by atoms with Gasteiger partial charge in [0.1, 0.15) is 0 Å². The minimum Gasteiger partial charge on any atom is -0.478 e. The van der Waals surface area contributed by atoms with Crippen LogP contribution in [0.1, 0.15) is 26.3 Å². The molecule has 0 saturated heterocycles. The van der Waals surface area contributed by atoms with Gasteiger partial charge in [0.25, 0.3) is 5.91 Å². The normalized spacial score (nSPS) is 10.8. The van der Waals surface area contributed by atoms with Crippen molar-refractivity contribution in [1.82, 2.24) is 4.98 Å². The van der Waals surface area contributed by atoms with Gasteiger partial charge >= 0.3 is 5.97 Å². The molecule has 0 unspecified atom stereocenters. The molecule has 3 aromatic carbocycles. The first-order valence-electron chi connectivity index (χ1n) is 10.0. The highest BCUT2D eigenvalue weighted by molar-refractivity contribution is 8.01. The summed E-state index contributed by atoms with van der Waals surface area (Å²) in [6.07, 6.45) is 0. The second-order valence-electron chi connectivity index (χ2n) is 7.27. The van der Waals surface area contributed by atoms with Gasteiger partial charge in [-0.1, -0.05) is 41.6 Å². The fourth-order valence-electron chi connectivity index (χ4n) is 3.10. The number of aryl methyl sites for hydroxylation is 1. The van der Waals surface area contributed by atoms with Crippen LogP contribution < -0.4 is 10.6 Å². The molecule has 10 heteroatoms. The monoisotopic (exact) mass is 511 g/mol. The number of amides is 2. The zero-order valence-electron chi connectivity index (χ0n) is 17.8. The van der Waals surface area contributed by atoms with E-state index in [4.69, 9.17) is 11.6 Å². The lowest BCUT2D eigenvalue weighted by Crippen LogP contribution is -2.16. The number of carbonyl (C=O) groups excluding carboxylic acids is 2.